The van der Waals surface area contributed by atoms with Crippen molar-refractivity contribution in [2.24, 2.45) is 0 Å². The van der Waals surface area contributed by atoms with E-state index in [-0.39, 0.29) is 11.8 Å². The van der Waals surface area contributed by atoms with E-state index in [9.17, 15) is 5.02 Å². The van der Waals surface area contributed by atoms with Gasteiger partial charge in [-0.3, -0.25) is 0 Å². The maximum atomic E-state index is 9.75. The molecule has 0 amide bonds. The summed E-state index contributed by atoms with van der Waals surface area (Å²) in [5.41, 5.74) is 2.45. The third-order valence-corrected chi connectivity index (χ3v) is 5.20. The van der Waals surface area contributed by atoms with Crippen molar-refractivity contribution in [1.29, 1.82) is 0 Å². The van der Waals surface area contributed by atoms with E-state index in [1.165, 1.54) is 16.1 Å². The van der Waals surface area contributed by atoms with E-state index in [0.29, 0.717) is 0 Å². The molecule has 0 saturated carbocycles. The lowest BCUT2D eigenvalue weighted by atomic mass is 9.84. The molecule has 132 valence electrons. The third-order valence-electron chi connectivity index (χ3n) is 4.01. The van der Waals surface area contributed by atoms with Crippen LogP contribution in [0.15, 0.2) is 29.4 Å². The second-order valence-electron chi connectivity index (χ2n) is 7.10. The Morgan fingerprint density at radius 3 is 2.42 bits per heavy atom. The fourth-order valence-corrected chi connectivity index (χ4v) is 3.96. The Hall–Kier alpha value is -1.11. The summed E-state index contributed by atoms with van der Waals surface area (Å²) in [7, 11) is 1.31. The highest BCUT2D eigenvalue weighted by molar-refractivity contribution is 8.00. The Balaban J connectivity index is 2.29. The standard InChI is InChI=1S/C18H29BN2O2S/c1-18(2,3)24-17-8-6-7-16(15(17)9-14-23-5)20-10-12-21(13-11-20)19(4)22/h6-9,14,22H,10-13H2,1-5H3. The fourth-order valence-electron chi connectivity index (χ4n) is 2.87. The Morgan fingerprint density at radius 1 is 1.21 bits per heavy atom. The van der Waals surface area contributed by atoms with Gasteiger partial charge in [0.2, 0.25) is 0 Å². The van der Waals surface area contributed by atoms with E-state index in [1.807, 2.05) is 18.6 Å². The van der Waals surface area contributed by atoms with Crippen molar-refractivity contribution < 1.29 is 9.76 Å². The first-order valence-corrected chi connectivity index (χ1v) is 9.32. The molecular formula is C18H29BN2O2S. The van der Waals surface area contributed by atoms with Crippen molar-refractivity contribution in [3.05, 3.63) is 30.0 Å². The van der Waals surface area contributed by atoms with Gasteiger partial charge >= 0.3 is 7.05 Å². The van der Waals surface area contributed by atoms with Gasteiger partial charge in [-0.1, -0.05) is 26.8 Å². The van der Waals surface area contributed by atoms with Gasteiger partial charge in [-0.25, -0.2) is 0 Å². The van der Waals surface area contributed by atoms with Crippen molar-refractivity contribution in [1.82, 2.24) is 4.81 Å². The van der Waals surface area contributed by atoms with E-state index in [0.717, 1.165) is 26.2 Å². The van der Waals surface area contributed by atoms with Gasteiger partial charge in [0.15, 0.2) is 0 Å². The van der Waals surface area contributed by atoms with Crippen LogP contribution in [0.3, 0.4) is 0 Å². The van der Waals surface area contributed by atoms with Gasteiger partial charge in [-0.05, 0) is 25.0 Å². The van der Waals surface area contributed by atoms with Crippen molar-refractivity contribution >= 4 is 30.6 Å². The van der Waals surface area contributed by atoms with Crippen LogP contribution in [0.1, 0.15) is 26.3 Å². The van der Waals surface area contributed by atoms with E-state index in [1.54, 1.807) is 13.4 Å². The number of ether oxygens (including phenoxy) is 1. The monoisotopic (exact) mass is 348 g/mol. The number of nitrogens with zero attached hydrogens (tertiary/aromatic N) is 2. The van der Waals surface area contributed by atoms with Gasteiger partial charge in [-0.2, -0.15) is 0 Å². The average Bonchev–Trinajstić information content (AvgIpc) is 2.52. The van der Waals surface area contributed by atoms with Gasteiger partial charge in [0, 0.05) is 47.1 Å². The summed E-state index contributed by atoms with van der Waals surface area (Å²) in [6.07, 6.45) is 3.81. The van der Waals surface area contributed by atoms with Gasteiger partial charge in [0.25, 0.3) is 0 Å². The van der Waals surface area contributed by atoms with Crippen molar-refractivity contribution in [2.75, 3.05) is 38.2 Å². The molecule has 0 atom stereocenters. The maximum Gasteiger partial charge on any atom is 0.376 e. The normalized spacial score (nSPS) is 16.7. The topological polar surface area (TPSA) is 35.9 Å². The quantitative estimate of drug-likeness (QED) is 0.501. The van der Waals surface area contributed by atoms with Crippen molar-refractivity contribution in [3.63, 3.8) is 0 Å². The lowest BCUT2D eigenvalue weighted by Gasteiger charge is -2.37. The Morgan fingerprint density at radius 2 is 1.88 bits per heavy atom. The van der Waals surface area contributed by atoms with Crippen LogP contribution in [0.4, 0.5) is 5.69 Å². The molecule has 0 radical (unpaired) electrons. The van der Waals surface area contributed by atoms with E-state index < -0.39 is 0 Å². The summed E-state index contributed by atoms with van der Waals surface area (Å²) in [5.74, 6) is 0. The number of rotatable bonds is 5. The number of hydrogen-bond donors (Lipinski definition) is 1. The van der Waals surface area contributed by atoms with E-state index >= 15 is 0 Å². The molecule has 1 aromatic rings. The molecule has 6 heteroatoms. The third kappa shape index (κ3) is 5.20. The minimum atomic E-state index is -0.372. The number of piperazine rings is 1. The van der Waals surface area contributed by atoms with Crippen LogP contribution < -0.4 is 4.90 Å². The lowest BCUT2D eigenvalue weighted by molar-refractivity contribution is 0.341. The van der Waals surface area contributed by atoms with Gasteiger partial charge in [-0.15, -0.1) is 11.8 Å². The zero-order valence-electron chi connectivity index (χ0n) is 15.5. The molecule has 0 bridgehead atoms. The molecule has 1 N–H and O–H groups in total. The number of benzene rings is 1. The summed E-state index contributed by atoms with van der Waals surface area (Å²) in [5, 5.41) is 9.75. The zero-order valence-corrected chi connectivity index (χ0v) is 16.3. The van der Waals surface area contributed by atoms with Crippen LogP contribution >= 0.6 is 11.8 Å². The first-order valence-electron chi connectivity index (χ1n) is 8.50. The molecule has 0 aromatic heterocycles. The molecule has 1 saturated heterocycles. The summed E-state index contributed by atoms with van der Waals surface area (Å²) in [4.78, 5) is 5.78. The van der Waals surface area contributed by atoms with Crippen LogP contribution in [0, 0.1) is 0 Å². The average molecular weight is 348 g/mol. The number of anilines is 1. The number of hydrogen-bond acceptors (Lipinski definition) is 5. The van der Waals surface area contributed by atoms with Gasteiger partial charge in [0.05, 0.1) is 13.4 Å². The SMILES string of the molecule is COC=Cc1c(SC(C)(C)C)cccc1N1CCN(B(C)O)CC1. The highest BCUT2D eigenvalue weighted by Crippen LogP contribution is 2.38. The molecule has 1 aliphatic rings. The molecule has 0 aliphatic carbocycles. The molecule has 1 heterocycles. The summed E-state index contributed by atoms with van der Waals surface area (Å²) < 4.78 is 5.32. The molecule has 0 spiro atoms. The Kier molecular flexibility index (Phi) is 6.66. The highest BCUT2D eigenvalue weighted by Gasteiger charge is 2.24. The number of thioether (sulfide) groups is 1. The van der Waals surface area contributed by atoms with E-state index in [4.69, 9.17) is 4.74 Å². The molecular weight excluding hydrogens is 319 g/mol. The van der Waals surface area contributed by atoms with Crippen LogP contribution in [0.2, 0.25) is 6.82 Å². The molecule has 24 heavy (non-hydrogen) atoms. The molecule has 4 nitrogen and oxygen atoms in total. The maximum absolute atomic E-state index is 9.75. The summed E-state index contributed by atoms with van der Waals surface area (Å²) in [6, 6.07) is 6.50. The smallest absolute Gasteiger partial charge is 0.376 e. The molecule has 0 unspecified atom stereocenters. The fraction of sp³-hybridized carbons (Fsp3) is 0.556. The van der Waals surface area contributed by atoms with Crippen LogP contribution in [0.5, 0.6) is 0 Å². The van der Waals surface area contributed by atoms with Crippen LogP contribution in [0.25, 0.3) is 6.08 Å². The second-order valence-corrected chi connectivity index (χ2v) is 8.97. The lowest BCUT2D eigenvalue weighted by Crippen LogP contribution is -2.51. The largest absolute Gasteiger partial charge is 0.504 e. The molecule has 1 aromatic carbocycles. The zero-order chi connectivity index (χ0) is 17.7. The minimum Gasteiger partial charge on any atom is -0.504 e. The molecule has 1 fully saturated rings. The summed E-state index contributed by atoms with van der Waals surface area (Å²) in [6.45, 7) is 12.1. The first kappa shape index (κ1) is 19.2. The van der Waals surface area contributed by atoms with Crippen LogP contribution in [-0.4, -0.2) is 54.9 Å². The minimum absolute atomic E-state index is 0.152. The number of methoxy groups -OCH3 is 1. The second kappa shape index (κ2) is 8.32. The van der Waals surface area contributed by atoms with Crippen molar-refractivity contribution in [2.45, 2.75) is 37.2 Å². The Labute approximate surface area is 151 Å². The Bertz CT molecular complexity index is 565. The predicted octanol–water partition coefficient (Wildman–Crippen LogP) is 3.43. The van der Waals surface area contributed by atoms with Crippen molar-refractivity contribution in [3.8, 4) is 0 Å². The highest BCUT2D eigenvalue weighted by atomic mass is 32.2. The van der Waals surface area contributed by atoms with Crippen LogP contribution in [-0.2, 0) is 4.74 Å². The molecule has 2 rings (SSSR count). The van der Waals surface area contributed by atoms with Gasteiger partial charge < -0.3 is 19.5 Å². The first-order chi connectivity index (χ1) is 11.3. The molecule has 1 aliphatic heterocycles. The van der Waals surface area contributed by atoms with Gasteiger partial charge in [0.1, 0.15) is 0 Å². The predicted molar refractivity (Wildman–Crippen MR) is 106 cm³/mol. The van der Waals surface area contributed by atoms with E-state index in [2.05, 4.69) is 54.8 Å². The summed E-state index contributed by atoms with van der Waals surface area (Å²) >= 11 is 1.88.